The van der Waals surface area contributed by atoms with Crippen LogP contribution in [0.4, 0.5) is 5.69 Å². The number of anilines is 1. The summed E-state index contributed by atoms with van der Waals surface area (Å²) < 4.78 is 1.43. The van der Waals surface area contributed by atoms with Gasteiger partial charge in [-0.2, -0.15) is 5.10 Å². The Morgan fingerprint density at radius 2 is 2.24 bits per heavy atom. The summed E-state index contributed by atoms with van der Waals surface area (Å²) in [6.45, 7) is 1.86. The smallest absolute Gasteiger partial charge is 0.338 e. The number of nitrogens with two attached hydrogens (primary N) is 1. The summed E-state index contributed by atoms with van der Waals surface area (Å²) in [6.07, 6.45) is 3.32. The number of nitrogen functional groups attached to an aromatic ring is 1. The molecule has 0 atom stereocenters. The van der Waals surface area contributed by atoms with Crippen molar-refractivity contribution in [1.82, 2.24) is 9.78 Å². The second-order valence-electron chi connectivity index (χ2n) is 3.67. The van der Waals surface area contributed by atoms with E-state index in [1.807, 2.05) is 6.92 Å². The number of hydrogen-bond donors (Lipinski definition) is 2. The quantitative estimate of drug-likeness (QED) is 0.801. The van der Waals surface area contributed by atoms with Crippen LogP contribution in [0.1, 0.15) is 15.9 Å². The largest absolute Gasteiger partial charge is 0.478 e. The van der Waals surface area contributed by atoms with Crippen LogP contribution in [-0.4, -0.2) is 20.9 Å². The summed E-state index contributed by atoms with van der Waals surface area (Å²) in [5.74, 6) is -1.10. The summed E-state index contributed by atoms with van der Waals surface area (Å²) >= 11 is 6.02. The summed E-state index contributed by atoms with van der Waals surface area (Å²) in [4.78, 5) is 11.2. The number of hydrogen-bond acceptors (Lipinski definition) is 3. The molecule has 0 unspecified atom stereocenters. The Kier molecular flexibility index (Phi) is 2.77. The molecule has 0 aliphatic heterocycles. The molecule has 0 amide bonds. The predicted molar refractivity (Wildman–Crippen MR) is 64.7 cm³/mol. The lowest BCUT2D eigenvalue weighted by Gasteiger charge is -2.09. The molecule has 2 rings (SSSR count). The van der Waals surface area contributed by atoms with Crippen molar-refractivity contribution in [2.45, 2.75) is 6.92 Å². The van der Waals surface area contributed by atoms with Gasteiger partial charge in [-0.05, 0) is 24.6 Å². The minimum Gasteiger partial charge on any atom is -0.478 e. The average Bonchev–Trinajstić information content (AvgIpc) is 2.63. The van der Waals surface area contributed by atoms with Crippen molar-refractivity contribution in [2.24, 2.45) is 0 Å². The van der Waals surface area contributed by atoms with E-state index in [9.17, 15) is 4.79 Å². The lowest BCUT2D eigenvalue weighted by atomic mass is 10.1. The van der Waals surface area contributed by atoms with E-state index in [-0.39, 0.29) is 10.6 Å². The number of benzene rings is 1. The number of carbonyl (C=O) groups is 1. The second-order valence-corrected chi connectivity index (χ2v) is 4.07. The predicted octanol–water partition coefficient (Wildman–Crippen LogP) is 2.11. The Morgan fingerprint density at radius 1 is 1.53 bits per heavy atom. The highest BCUT2D eigenvalue weighted by atomic mass is 35.5. The van der Waals surface area contributed by atoms with E-state index in [1.54, 1.807) is 12.4 Å². The summed E-state index contributed by atoms with van der Waals surface area (Å²) in [7, 11) is 0. The molecule has 1 aromatic carbocycles. The van der Waals surface area contributed by atoms with E-state index < -0.39 is 5.97 Å². The van der Waals surface area contributed by atoms with Crippen molar-refractivity contribution < 1.29 is 9.90 Å². The Balaban J connectivity index is 2.71. The van der Waals surface area contributed by atoms with Crippen LogP contribution >= 0.6 is 11.6 Å². The molecular formula is C11H10ClN3O2. The fourth-order valence-electron chi connectivity index (χ4n) is 1.55. The SMILES string of the molecule is Cc1cnn(-c2c(Cl)cc(N)cc2C(=O)O)c1. The van der Waals surface area contributed by atoms with Gasteiger partial charge >= 0.3 is 5.97 Å². The number of aromatic nitrogens is 2. The zero-order valence-corrected chi connectivity index (χ0v) is 9.77. The fourth-order valence-corrected chi connectivity index (χ4v) is 1.87. The molecule has 6 heteroatoms. The lowest BCUT2D eigenvalue weighted by molar-refractivity contribution is 0.0697. The molecule has 0 spiro atoms. The Bertz CT molecular complexity index is 592. The first-order valence-electron chi connectivity index (χ1n) is 4.83. The molecule has 0 fully saturated rings. The van der Waals surface area contributed by atoms with E-state index in [0.717, 1.165) is 5.56 Å². The third-order valence-corrected chi connectivity index (χ3v) is 2.55. The normalized spacial score (nSPS) is 10.5. The molecule has 5 nitrogen and oxygen atoms in total. The van der Waals surface area contributed by atoms with Crippen LogP contribution in [0.25, 0.3) is 5.69 Å². The van der Waals surface area contributed by atoms with Crippen molar-refractivity contribution in [3.05, 3.63) is 40.7 Å². The molecular weight excluding hydrogens is 242 g/mol. The third-order valence-electron chi connectivity index (χ3n) is 2.26. The molecule has 3 N–H and O–H groups in total. The standard InChI is InChI=1S/C11H10ClN3O2/c1-6-4-14-15(5-6)10-8(11(16)17)2-7(13)3-9(10)12/h2-5H,13H2,1H3,(H,16,17). The zero-order valence-electron chi connectivity index (χ0n) is 9.01. The van der Waals surface area contributed by atoms with Crippen molar-refractivity contribution in [2.75, 3.05) is 5.73 Å². The van der Waals surface area contributed by atoms with Crippen LogP contribution in [0, 0.1) is 6.92 Å². The van der Waals surface area contributed by atoms with Gasteiger partial charge < -0.3 is 10.8 Å². The van der Waals surface area contributed by atoms with Crippen LogP contribution in [0.2, 0.25) is 5.02 Å². The van der Waals surface area contributed by atoms with E-state index >= 15 is 0 Å². The van der Waals surface area contributed by atoms with E-state index in [4.69, 9.17) is 22.4 Å². The fraction of sp³-hybridized carbons (Fsp3) is 0.0909. The number of carboxylic acids is 1. The van der Waals surface area contributed by atoms with Crippen molar-refractivity contribution >= 4 is 23.3 Å². The monoisotopic (exact) mass is 251 g/mol. The van der Waals surface area contributed by atoms with E-state index in [1.165, 1.54) is 16.8 Å². The highest BCUT2D eigenvalue weighted by molar-refractivity contribution is 6.33. The van der Waals surface area contributed by atoms with Gasteiger partial charge in [0.2, 0.25) is 0 Å². The van der Waals surface area contributed by atoms with Gasteiger partial charge in [-0.1, -0.05) is 11.6 Å². The van der Waals surface area contributed by atoms with Gasteiger partial charge in [0, 0.05) is 11.9 Å². The van der Waals surface area contributed by atoms with Gasteiger partial charge in [0.15, 0.2) is 0 Å². The van der Waals surface area contributed by atoms with Gasteiger partial charge in [0.1, 0.15) is 0 Å². The lowest BCUT2D eigenvalue weighted by Crippen LogP contribution is -2.07. The number of carboxylic acid groups (broad SMARTS) is 1. The van der Waals surface area contributed by atoms with Crippen LogP contribution in [0.3, 0.4) is 0 Å². The number of aromatic carboxylic acids is 1. The molecule has 0 bridgehead atoms. The van der Waals surface area contributed by atoms with E-state index in [0.29, 0.717) is 11.4 Å². The molecule has 88 valence electrons. The maximum absolute atomic E-state index is 11.2. The first-order valence-corrected chi connectivity index (χ1v) is 5.21. The summed E-state index contributed by atoms with van der Waals surface area (Å²) in [6, 6.07) is 2.86. The topological polar surface area (TPSA) is 81.1 Å². The number of rotatable bonds is 2. The van der Waals surface area contributed by atoms with Crippen LogP contribution in [0.15, 0.2) is 24.5 Å². The molecule has 17 heavy (non-hydrogen) atoms. The van der Waals surface area contributed by atoms with Crippen molar-refractivity contribution in [1.29, 1.82) is 0 Å². The Morgan fingerprint density at radius 3 is 2.76 bits per heavy atom. The van der Waals surface area contributed by atoms with Crippen molar-refractivity contribution in [3.8, 4) is 5.69 Å². The molecule has 1 heterocycles. The third kappa shape index (κ3) is 2.09. The van der Waals surface area contributed by atoms with Crippen LogP contribution in [0.5, 0.6) is 0 Å². The van der Waals surface area contributed by atoms with Gasteiger partial charge in [0.25, 0.3) is 0 Å². The van der Waals surface area contributed by atoms with Crippen LogP contribution < -0.4 is 5.73 Å². The maximum atomic E-state index is 11.2. The molecule has 0 radical (unpaired) electrons. The first-order chi connectivity index (χ1) is 7.99. The number of aryl methyl sites for hydroxylation is 1. The molecule has 2 aromatic rings. The minimum absolute atomic E-state index is 0.0260. The molecule has 0 aliphatic carbocycles. The number of nitrogens with zero attached hydrogens (tertiary/aromatic N) is 2. The Labute approximate surface area is 102 Å². The molecule has 1 aromatic heterocycles. The highest BCUT2D eigenvalue weighted by Crippen LogP contribution is 2.27. The summed E-state index contributed by atoms with van der Waals surface area (Å²) in [5, 5.41) is 13.4. The van der Waals surface area contributed by atoms with Gasteiger partial charge in [-0.15, -0.1) is 0 Å². The number of halogens is 1. The molecule has 0 aliphatic rings. The molecule has 0 saturated heterocycles. The maximum Gasteiger partial charge on any atom is 0.338 e. The van der Waals surface area contributed by atoms with Crippen LogP contribution in [-0.2, 0) is 0 Å². The minimum atomic E-state index is -1.10. The highest BCUT2D eigenvalue weighted by Gasteiger charge is 2.17. The van der Waals surface area contributed by atoms with Gasteiger partial charge in [0.05, 0.1) is 22.5 Å². The van der Waals surface area contributed by atoms with Gasteiger partial charge in [-0.25, -0.2) is 9.48 Å². The average molecular weight is 252 g/mol. The zero-order chi connectivity index (χ0) is 12.6. The molecule has 0 saturated carbocycles. The Hall–Kier alpha value is -2.01. The van der Waals surface area contributed by atoms with Crippen molar-refractivity contribution in [3.63, 3.8) is 0 Å². The first kappa shape index (κ1) is 11.5. The summed E-state index contributed by atoms with van der Waals surface area (Å²) in [5.41, 5.74) is 7.14. The van der Waals surface area contributed by atoms with E-state index in [2.05, 4.69) is 5.10 Å². The van der Waals surface area contributed by atoms with Gasteiger partial charge in [-0.3, -0.25) is 0 Å². The second kappa shape index (κ2) is 4.10.